The summed E-state index contributed by atoms with van der Waals surface area (Å²) < 4.78 is 11.9. The maximum Gasteiger partial charge on any atom is 0.340 e. The maximum absolute atomic E-state index is 13.4. The van der Waals surface area contributed by atoms with Crippen LogP contribution in [0.2, 0.25) is 0 Å². The fraction of sp³-hybridized carbons (Fsp3) is 0.429. The average molecular weight is 413 g/mol. The predicted molar refractivity (Wildman–Crippen MR) is 109 cm³/mol. The van der Waals surface area contributed by atoms with Crippen molar-refractivity contribution in [3.05, 3.63) is 50.5 Å². The molecule has 1 aromatic carbocycles. The molecule has 158 valence electrons. The summed E-state index contributed by atoms with van der Waals surface area (Å²) in [5.74, 6) is -1.53. The third-order valence-electron chi connectivity index (χ3n) is 5.76. The molecule has 2 heterocycles. The second-order valence-electron chi connectivity index (χ2n) is 7.47. The van der Waals surface area contributed by atoms with Gasteiger partial charge in [-0.05, 0) is 25.0 Å². The minimum atomic E-state index is -1.42. The first-order valence-electron chi connectivity index (χ1n) is 9.93. The number of aromatic nitrogens is 2. The minimum absolute atomic E-state index is 0.00623. The van der Waals surface area contributed by atoms with Gasteiger partial charge in [-0.25, -0.2) is 14.3 Å². The summed E-state index contributed by atoms with van der Waals surface area (Å²) in [7, 11) is 2.35. The van der Waals surface area contributed by atoms with Crippen LogP contribution < -0.4 is 16.4 Å². The van der Waals surface area contributed by atoms with Gasteiger partial charge in [-0.2, -0.15) is 4.68 Å². The van der Waals surface area contributed by atoms with Crippen molar-refractivity contribution in [1.82, 2.24) is 14.7 Å². The fourth-order valence-corrected chi connectivity index (χ4v) is 4.32. The molecule has 9 nitrogen and oxygen atoms in total. The van der Waals surface area contributed by atoms with Crippen LogP contribution in [0.1, 0.15) is 38.1 Å². The smallest absolute Gasteiger partial charge is 0.340 e. The van der Waals surface area contributed by atoms with E-state index in [2.05, 4.69) is 5.32 Å². The molecule has 0 saturated heterocycles. The lowest BCUT2D eigenvalue weighted by molar-refractivity contribution is -0.146. The largest absolute Gasteiger partial charge is 0.467 e. The SMILES string of the molecule is COC(=O)C1=C(NC2CCCCC2)n2c(=O)c3ccccc3c(=O)n2C1C(=O)OC. The second kappa shape index (κ2) is 7.81. The monoisotopic (exact) mass is 413 g/mol. The van der Waals surface area contributed by atoms with Crippen molar-refractivity contribution >= 4 is 28.5 Å². The number of fused-ring (bicyclic) bond motifs is 2. The number of carbonyl (C=O) groups is 2. The Morgan fingerprint density at radius 2 is 1.60 bits per heavy atom. The number of methoxy groups -OCH3 is 2. The molecule has 0 amide bonds. The Morgan fingerprint density at radius 1 is 0.967 bits per heavy atom. The number of rotatable bonds is 4. The number of benzene rings is 1. The molecular formula is C21H23N3O6. The van der Waals surface area contributed by atoms with E-state index in [9.17, 15) is 19.2 Å². The third kappa shape index (κ3) is 3.01. The van der Waals surface area contributed by atoms with Gasteiger partial charge in [0.05, 0.1) is 25.0 Å². The van der Waals surface area contributed by atoms with Crippen molar-refractivity contribution in [1.29, 1.82) is 0 Å². The molecule has 2 aromatic rings. The van der Waals surface area contributed by atoms with E-state index in [-0.39, 0.29) is 28.2 Å². The molecule has 30 heavy (non-hydrogen) atoms. The van der Waals surface area contributed by atoms with Crippen LogP contribution in [0.3, 0.4) is 0 Å². The predicted octanol–water partition coefficient (Wildman–Crippen LogP) is 1.15. The summed E-state index contributed by atoms with van der Waals surface area (Å²) in [6, 6.07) is 4.95. The summed E-state index contributed by atoms with van der Waals surface area (Å²) >= 11 is 0. The number of esters is 2. The molecule has 1 atom stereocenters. The zero-order chi connectivity index (χ0) is 21.4. The lowest BCUT2D eigenvalue weighted by Gasteiger charge is -2.25. The average Bonchev–Trinajstić information content (AvgIpc) is 3.12. The van der Waals surface area contributed by atoms with Crippen LogP contribution in [0.4, 0.5) is 0 Å². The zero-order valence-corrected chi connectivity index (χ0v) is 16.8. The van der Waals surface area contributed by atoms with E-state index in [1.54, 1.807) is 18.2 Å². The van der Waals surface area contributed by atoms with Crippen molar-refractivity contribution in [3.63, 3.8) is 0 Å². The molecule has 0 spiro atoms. The van der Waals surface area contributed by atoms with E-state index in [4.69, 9.17) is 9.47 Å². The molecule has 0 bridgehead atoms. The molecule has 9 heteroatoms. The third-order valence-corrected chi connectivity index (χ3v) is 5.76. The number of ether oxygens (including phenoxy) is 2. The Labute approximate surface area is 171 Å². The van der Waals surface area contributed by atoms with Gasteiger partial charge in [0.2, 0.25) is 0 Å². The van der Waals surface area contributed by atoms with Gasteiger partial charge in [-0.15, -0.1) is 0 Å². The van der Waals surface area contributed by atoms with Gasteiger partial charge in [0, 0.05) is 6.04 Å². The molecule has 1 aliphatic heterocycles. The molecule has 1 unspecified atom stereocenters. The van der Waals surface area contributed by atoms with Crippen molar-refractivity contribution in [2.45, 2.75) is 44.2 Å². The van der Waals surface area contributed by atoms with E-state index < -0.39 is 29.1 Å². The van der Waals surface area contributed by atoms with E-state index in [0.29, 0.717) is 0 Å². The van der Waals surface area contributed by atoms with Crippen LogP contribution in [-0.2, 0) is 19.1 Å². The topological polar surface area (TPSA) is 109 Å². The number of carbonyl (C=O) groups excluding carboxylic acids is 2. The number of hydrogen-bond acceptors (Lipinski definition) is 7. The van der Waals surface area contributed by atoms with Gasteiger partial charge in [0.25, 0.3) is 11.1 Å². The van der Waals surface area contributed by atoms with Gasteiger partial charge in [0.1, 0.15) is 11.4 Å². The Kier molecular flexibility index (Phi) is 5.19. The minimum Gasteiger partial charge on any atom is -0.467 e. The summed E-state index contributed by atoms with van der Waals surface area (Å²) in [5.41, 5.74) is -1.18. The highest BCUT2D eigenvalue weighted by Crippen LogP contribution is 2.31. The number of nitrogens with one attached hydrogen (secondary N) is 1. The molecule has 0 radical (unpaired) electrons. The molecule has 1 aromatic heterocycles. The van der Waals surface area contributed by atoms with Crippen LogP contribution in [0.15, 0.2) is 39.4 Å². The van der Waals surface area contributed by atoms with Gasteiger partial charge in [-0.3, -0.25) is 9.59 Å². The molecule has 1 aliphatic carbocycles. The van der Waals surface area contributed by atoms with Crippen molar-refractivity contribution in [2.75, 3.05) is 14.2 Å². The number of nitrogens with zero attached hydrogens (tertiary/aromatic N) is 2. The highest BCUT2D eigenvalue weighted by atomic mass is 16.5. The molecule has 2 aliphatic rings. The van der Waals surface area contributed by atoms with Gasteiger partial charge >= 0.3 is 11.9 Å². The van der Waals surface area contributed by atoms with Crippen molar-refractivity contribution < 1.29 is 19.1 Å². The Bertz CT molecular complexity index is 1170. The first-order chi connectivity index (χ1) is 14.5. The van der Waals surface area contributed by atoms with Crippen LogP contribution >= 0.6 is 0 Å². The van der Waals surface area contributed by atoms with Crippen LogP contribution in [-0.4, -0.2) is 41.6 Å². The van der Waals surface area contributed by atoms with Crippen LogP contribution in [0.5, 0.6) is 0 Å². The van der Waals surface area contributed by atoms with Crippen LogP contribution in [0.25, 0.3) is 16.6 Å². The molecular weight excluding hydrogens is 390 g/mol. The van der Waals surface area contributed by atoms with E-state index in [1.165, 1.54) is 20.3 Å². The van der Waals surface area contributed by atoms with Gasteiger partial charge < -0.3 is 14.8 Å². The lowest BCUT2D eigenvalue weighted by Crippen LogP contribution is -2.42. The first kappa shape index (κ1) is 19.9. The first-order valence-corrected chi connectivity index (χ1v) is 9.93. The Hall–Kier alpha value is -3.36. The van der Waals surface area contributed by atoms with Crippen molar-refractivity contribution in [3.8, 4) is 0 Å². The Balaban J connectivity index is 2.03. The van der Waals surface area contributed by atoms with E-state index in [1.807, 2.05) is 0 Å². The van der Waals surface area contributed by atoms with Crippen LogP contribution in [0, 0.1) is 0 Å². The number of hydrogen-bond donors (Lipinski definition) is 1. The molecule has 1 fully saturated rings. The molecule has 1 saturated carbocycles. The molecule has 4 rings (SSSR count). The second-order valence-corrected chi connectivity index (χ2v) is 7.47. The summed E-state index contributed by atoms with van der Waals surface area (Å²) in [4.78, 5) is 52.0. The summed E-state index contributed by atoms with van der Waals surface area (Å²) in [6.45, 7) is 0. The molecule has 1 N–H and O–H groups in total. The zero-order valence-electron chi connectivity index (χ0n) is 16.8. The van der Waals surface area contributed by atoms with Gasteiger partial charge in [0.15, 0.2) is 6.04 Å². The normalized spacial score (nSPS) is 18.9. The highest BCUT2D eigenvalue weighted by molar-refractivity contribution is 6.02. The summed E-state index contributed by atoms with van der Waals surface area (Å²) in [5, 5.41) is 3.62. The van der Waals surface area contributed by atoms with Crippen molar-refractivity contribution in [2.24, 2.45) is 0 Å². The maximum atomic E-state index is 13.4. The lowest BCUT2D eigenvalue weighted by atomic mass is 9.95. The summed E-state index contributed by atoms with van der Waals surface area (Å²) in [6.07, 6.45) is 4.85. The van der Waals surface area contributed by atoms with E-state index >= 15 is 0 Å². The van der Waals surface area contributed by atoms with E-state index in [0.717, 1.165) is 41.5 Å². The quantitative estimate of drug-likeness (QED) is 0.749. The highest BCUT2D eigenvalue weighted by Gasteiger charge is 2.44. The van der Waals surface area contributed by atoms with Gasteiger partial charge in [-0.1, -0.05) is 31.4 Å². The standard InChI is InChI=1S/C21H23N3O6/c1-29-20(27)15-16(21(28)30-2)23-18(25)13-10-6-7-11-14(13)19(26)24(23)17(15)22-12-8-4-3-5-9-12/h6-7,10-12,16,22H,3-5,8-9H2,1-2H3. The fourth-order valence-electron chi connectivity index (χ4n) is 4.32. The Morgan fingerprint density at radius 3 is 2.20 bits per heavy atom.